The first kappa shape index (κ1) is 11.0. The molecule has 1 rings (SSSR count). The highest BCUT2D eigenvalue weighted by molar-refractivity contribution is 4.80. The Balaban J connectivity index is 2.30. The van der Waals surface area contributed by atoms with Gasteiger partial charge in [-0.3, -0.25) is 4.90 Å². The van der Waals surface area contributed by atoms with Crippen molar-refractivity contribution in [1.29, 1.82) is 0 Å². The molecule has 13 heavy (non-hydrogen) atoms. The Morgan fingerprint density at radius 3 is 2.62 bits per heavy atom. The van der Waals surface area contributed by atoms with Crippen LogP contribution in [0.1, 0.15) is 20.3 Å². The SMILES string of the molecule is CN[C@H](CN1CC[C@@H](O)C1)C(C)C. The fraction of sp³-hybridized carbons (Fsp3) is 1.00. The summed E-state index contributed by atoms with van der Waals surface area (Å²) in [7, 11) is 2.01. The molecule has 1 aliphatic heterocycles. The normalized spacial score (nSPS) is 27.0. The van der Waals surface area contributed by atoms with Gasteiger partial charge >= 0.3 is 0 Å². The maximum Gasteiger partial charge on any atom is 0.0679 e. The van der Waals surface area contributed by atoms with Crippen LogP contribution in [0, 0.1) is 5.92 Å². The van der Waals surface area contributed by atoms with Crippen LogP contribution in [0.25, 0.3) is 0 Å². The molecule has 0 aromatic heterocycles. The topological polar surface area (TPSA) is 35.5 Å². The molecule has 0 radical (unpaired) electrons. The van der Waals surface area contributed by atoms with E-state index >= 15 is 0 Å². The van der Waals surface area contributed by atoms with Crippen molar-refractivity contribution in [1.82, 2.24) is 10.2 Å². The van der Waals surface area contributed by atoms with Gasteiger partial charge in [-0.15, -0.1) is 0 Å². The molecule has 0 bridgehead atoms. The second-order valence-corrected chi connectivity index (χ2v) is 4.34. The first-order valence-electron chi connectivity index (χ1n) is 5.21. The summed E-state index contributed by atoms with van der Waals surface area (Å²) in [5.74, 6) is 0.655. The largest absolute Gasteiger partial charge is 0.392 e. The Kier molecular flexibility index (Phi) is 4.16. The number of likely N-dealkylation sites (N-methyl/N-ethyl adjacent to an activating group) is 1. The monoisotopic (exact) mass is 186 g/mol. The van der Waals surface area contributed by atoms with Crippen molar-refractivity contribution in [2.45, 2.75) is 32.4 Å². The lowest BCUT2D eigenvalue weighted by Crippen LogP contribution is -2.42. The lowest BCUT2D eigenvalue weighted by atomic mass is 10.0. The first-order chi connectivity index (χ1) is 6.13. The van der Waals surface area contributed by atoms with Crippen LogP contribution in [0.2, 0.25) is 0 Å². The third-order valence-electron chi connectivity index (χ3n) is 2.88. The maximum atomic E-state index is 9.36. The molecular formula is C10H22N2O. The lowest BCUT2D eigenvalue weighted by molar-refractivity contribution is 0.169. The number of rotatable bonds is 4. The predicted octanol–water partition coefficient (Wildman–Crippen LogP) is 0.297. The van der Waals surface area contributed by atoms with Crippen molar-refractivity contribution in [2.75, 3.05) is 26.7 Å². The molecular weight excluding hydrogens is 164 g/mol. The Bertz CT molecular complexity index is 150. The van der Waals surface area contributed by atoms with Gasteiger partial charge in [-0.1, -0.05) is 13.8 Å². The summed E-state index contributed by atoms with van der Waals surface area (Å²) in [6, 6.07) is 0.547. The van der Waals surface area contributed by atoms with Crippen molar-refractivity contribution in [3.8, 4) is 0 Å². The van der Waals surface area contributed by atoms with Gasteiger partial charge in [0.1, 0.15) is 0 Å². The van der Waals surface area contributed by atoms with E-state index in [2.05, 4.69) is 24.1 Å². The third-order valence-corrected chi connectivity index (χ3v) is 2.88. The van der Waals surface area contributed by atoms with Crippen LogP contribution in [0.5, 0.6) is 0 Å². The molecule has 3 nitrogen and oxygen atoms in total. The number of nitrogens with zero attached hydrogens (tertiary/aromatic N) is 1. The zero-order valence-electron chi connectivity index (χ0n) is 8.95. The Hall–Kier alpha value is -0.120. The van der Waals surface area contributed by atoms with Gasteiger partial charge in [-0.25, -0.2) is 0 Å². The van der Waals surface area contributed by atoms with E-state index in [9.17, 15) is 5.11 Å². The van der Waals surface area contributed by atoms with Crippen LogP contribution >= 0.6 is 0 Å². The molecule has 1 aliphatic rings. The fourth-order valence-corrected chi connectivity index (χ4v) is 1.89. The van der Waals surface area contributed by atoms with Crippen LogP contribution in [0.15, 0.2) is 0 Å². The highest BCUT2D eigenvalue weighted by atomic mass is 16.3. The van der Waals surface area contributed by atoms with E-state index in [1.165, 1.54) is 0 Å². The van der Waals surface area contributed by atoms with Crippen molar-refractivity contribution < 1.29 is 5.11 Å². The summed E-state index contributed by atoms with van der Waals surface area (Å²) in [5.41, 5.74) is 0. The molecule has 1 saturated heterocycles. The van der Waals surface area contributed by atoms with Gasteiger partial charge in [0, 0.05) is 25.7 Å². The van der Waals surface area contributed by atoms with Crippen molar-refractivity contribution in [3.63, 3.8) is 0 Å². The van der Waals surface area contributed by atoms with Gasteiger partial charge in [0.25, 0.3) is 0 Å². The highest BCUT2D eigenvalue weighted by Gasteiger charge is 2.23. The molecule has 0 amide bonds. The van der Waals surface area contributed by atoms with E-state index in [1.54, 1.807) is 0 Å². The van der Waals surface area contributed by atoms with E-state index in [-0.39, 0.29) is 6.10 Å². The van der Waals surface area contributed by atoms with Crippen LogP contribution in [-0.4, -0.2) is 48.8 Å². The van der Waals surface area contributed by atoms with E-state index in [4.69, 9.17) is 0 Å². The minimum atomic E-state index is -0.0929. The lowest BCUT2D eigenvalue weighted by Gasteiger charge is -2.25. The third kappa shape index (κ3) is 3.25. The molecule has 0 saturated carbocycles. The van der Waals surface area contributed by atoms with Crippen LogP contribution in [-0.2, 0) is 0 Å². The van der Waals surface area contributed by atoms with E-state index in [0.29, 0.717) is 12.0 Å². The molecule has 1 heterocycles. The van der Waals surface area contributed by atoms with Gasteiger partial charge in [-0.2, -0.15) is 0 Å². The number of aliphatic hydroxyl groups is 1. The Morgan fingerprint density at radius 1 is 1.54 bits per heavy atom. The van der Waals surface area contributed by atoms with Crippen LogP contribution in [0.4, 0.5) is 0 Å². The number of likely N-dealkylation sites (tertiary alicyclic amines) is 1. The summed E-state index contributed by atoms with van der Waals surface area (Å²) in [6.45, 7) is 7.42. The molecule has 2 N–H and O–H groups in total. The number of aliphatic hydroxyl groups excluding tert-OH is 1. The minimum Gasteiger partial charge on any atom is -0.392 e. The quantitative estimate of drug-likeness (QED) is 0.663. The summed E-state index contributed by atoms with van der Waals surface area (Å²) in [5, 5.41) is 12.7. The molecule has 2 atom stereocenters. The summed E-state index contributed by atoms with van der Waals surface area (Å²) in [6.07, 6.45) is 0.846. The average Bonchev–Trinajstić information content (AvgIpc) is 2.46. The van der Waals surface area contributed by atoms with E-state index < -0.39 is 0 Å². The number of nitrogens with one attached hydrogen (secondary N) is 1. The summed E-state index contributed by atoms with van der Waals surface area (Å²) >= 11 is 0. The van der Waals surface area contributed by atoms with Crippen molar-refractivity contribution in [2.24, 2.45) is 5.92 Å². The van der Waals surface area contributed by atoms with Gasteiger partial charge in [0.2, 0.25) is 0 Å². The first-order valence-corrected chi connectivity index (χ1v) is 5.21. The Morgan fingerprint density at radius 2 is 2.23 bits per heavy atom. The highest BCUT2D eigenvalue weighted by Crippen LogP contribution is 2.11. The van der Waals surface area contributed by atoms with Gasteiger partial charge in [0.15, 0.2) is 0 Å². The summed E-state index contributed by atoms with van der Waals surface area (Å²) in [4.78, 5) is 2.34. The second-order valence-electron chi connectivity index (χ2n) is 4.34. The predicted molar refractivity (Wildman–Crippen MR) is 54.7 cm³/mol. The molecule has 0 aliphatic carbocycles. The van der Waals surface area contributed by atoms with E-state index in [0.717, 1.165) is 26.1 Å². The fourth-order valence-electron chi connectivity index (χ4n) is 1.89. The standard InChI is InChI=1S/C10H22N2O/c1-8(2)10(11-3)7-12-5-4-9(13)6-12/h8-11,13H,4-7H2,1-3H3/t9-,10-/m1/s1. The van der Waals surface area contributed by atoms with Crippen LogP contribution < -0.4 is 5.32 Å². The molecule has 3 heteroatoms. The molecule has 0 aromatic rings. The van der Waals surface area contributed by atoms with Crippen molar-refractivity contribution in [3.05, 3.63) is 0 Å². The van der Waals surface area contributed by atoms with Crippen LogP contribution in [0.3, 0.4) is 0 Å². The molecule has 0 aromatic carbocycles. The minimum absolute atomic E-state index is 0.0929. The summed E-state index contributed by atoms with van der Waals surface area (Å²) < 4.78 is 0. The average molecular weight is 186 g/mol. The number of β-amino-alcohol motifs (C(OH)–C–C–N with tert-alkyl or cyclic N) is 1. The molecule has 78 valence electrons. The molecule has 0 spiro atoms. The van der Waals surface area contributed by atoms with Gasteiger partial charge < -0.3 is 10.4 Å². The second kappa shape index (κ2) is 4.94. The van der Waals surface area contributed by atoms with E-state index in [1.807, 2.05) is 7.05 Å². The number of hydrogen-bond donors (Lipinski definition) is 2. The zero-order chi connectivity index (χ0) is 9.84. The molecule has 1 fully saturated rings. The smallest absolute Gasteiger partial charge is 0.0679 e. The maximum absolute atomic E-state index is 9.36. The van der Waals surface area contributed by atoms with Gasteiger partial charge in [0.05, 0.1) is 6.10 Å². The van der Waals surface area contributed by atoms with Gasteiger partial charge in [-0.05, 0) is 19.4 Å². The number of hydrogen-bond acceptors (Lipinski definition) is 3. The molecule has 0 unspecified atom stereocenters. The zero-order valence-corrected chi connectivity index (χ0v) is 8.95. The van der Waals surface area contributed by atoms with Crippen molar-refractivity contribution >= 4 is 0 Å². The Labute approximate surface area is 81.1 Å².